The number of aryl methyl sites for hydroxylation is 2. The van der Waals surface area contributed by atoms with Crippen molar-refractivity contribution in [2.45, 2.75) is 30.7 Å². The van der Waals surface area contributed by atoms with E-state index in [-0.39, 0.29) is 12.5 Å². The van der Waals surface area contributed by atoms with Crippen LogP contribution in [0.25, 0.3) is 11.4 Å². The maximum Gasteiger partial charge on any atom is 0.246 e. The lowest BCUT2D eigenvalue weighted by Gasteiger charge is -2.05. The van der Waals surface area contributed by atoms with Gasteiger partial charge in [-0.25, -0.2) is 0 Å². The van der Waals surface area contributed by atoms with Crippen LogP contribution in [-0.4, -0.2) is 26.8 Å². The Morgan fingerprint density at radius 2 is 2.00 bits per heavy atom. The maximum atomic E-state index is 12.1. The van der Waals surface area contributed by atoms with Crippen LogP contribution in [0.2, 0.25) is 0 Å². The van der Waals surface area contributed by atoms with Crippen molar-refractivity contribution in [2.75, 3.05) is 5.75 Å². The molecule has 0 aliphatic heterocycles. The van der Waals surface area contributed by atoms with Gasteiger partial charge in [-0.3, -0.25) is 9.78 Å². The van der Waals surface area contributed by atoms with Gasteiger partial charge in [0.2, 0.25) is 17.6 Å². The molecular weight excluding hydrogens is 348 g/mol. The van der Waals surface area contributed by atoms with Gasteiger partial charge >= 0.3 is 0 Å². The lowest BCUT2D eigenvalue weighted by atomic mass is 10.1. The summed E-state index contributed by atoms with van der Waals surface area (Å²) in [5.41, 5.74) is 3.69. The van der Waals surface area contributed by atoms with Crippen LogP contribution in [0, 0.1) is 0 Å². The van der Waals surface area contributed by atoms with Gasteiger partial charge < -0.3 is 9.84 Å². The number of nitrogens with one attached hydrogen (secondary N) is 1. The second-order valence-corrected chi connectivity index (χ2v) is 7.15. The van der Waals surface area contributed by atoms with Crippen molar-refractivity contribution in [3.63, 3.8) is 0 Å². The minimum Gasteiger partial charge on any atom is -0.346 e. The highest BCUT2D eigenvalue weighted by atomic mass is 32.2. The summed E-state index contributed by atoms with van der Waals surface area (Å²) in [6, 6.07) is 10.1. The summed E-state index contributed by atoms with van der Waals surface area (Å²) in [5.74, 6) is 1.18. The molecule has 0 radical (unpaired) electrons. The van der Waals surface area contributed by atoms with Crippen LogP contribution in [0.15, 0.2) is 52.1 Å². The van der Waals surface area contributed by atoms with Gasteiger partial charge in [-0.1, -0.05) is 11.2 Å². The summed E-state index contributed by atoms with van der Waals surface area (Å²) in [5, 5.41) is 6.74. The number of carbonyl (C=O) groups excluding carboxylic acids is 1. The molecule has 0 unspecified atom stereocenters. The third-order valence-corrected chi connectivity index (χ3v) is 5.28. The minimum absolute atomic E-state index is 0.0563. The zero-order valence-electron chi connectivity index (χ0n) is 14.1. The molecule has 1 aliphatic rings. The normalized spacial score (nSPS) is 12.8. The fourth-order valence-electron chi connectivity index (χ4n) is 2.96. The molecule has 0 saturated carbocycles. The highest BCUT2D eigenvalue weighted by Crippen LogP contribution is 2.27. The van der Waals surface area contributed by atoms with E-state index in [1.165, 1.54) is 24.0 Å². The number of thioether (sulfide) groups is 1. The molecule has 0 bridgehead atoms. The average molecular weight is 366 g/mol. The highest BCUT2D eigenvalue weighted by Gasteiger charge is 2.13. The third-order valence-electron chi connectivity index (χ3n) is 4.28. The molecule has 1 amide bonds. The molecule has 0 fully saturated rings. The number of hydrogen-bond donors (Lipinski definition) is 1. The number of fused-ring (bicyclic) bond motifs is 1. The average Bonchev–Trinajstić information content (AvgIpc) is 3.34. The molecule has 7 heteroatoms. The molecule has 26 heavy (non-hydrogen) atoms. The number of carbonyl (C=O) groups is 1. The van der Waals surface area contributed by atoms with Crippen molar-refractivity contribution < 1.29 is 9.32 Å². The monoisotopic (exact) mass is 366 g/mol. The van der Waals surface area contributed by atoms with Crippen LogP contribution in [0.4, 0.5) is 0 Å². The summed E-state index contributed by atoms with van der Waals surface area (Å²) in [7, 11) is 0. The van der Waals surface area contributed by atoms with Gasteiger partial charge in [0.25, 0.3) is 0 Å². The molecule has 0 spiro atoms. The highest BCUT2D eigenvalue weighted by molar-refractivity contribution is 8.00. The van der Waals surface area contributed by atoms with E-state index in [9.17, 15) is 4.79 Å². The van der Waals surface area contributed by atoms with E-state index in [1.807, 2.05) is 0 Å². The first kappa shape index (κ1) is 16.8. The zero-order chi connectivity index (χ0) is 17.8. The van der Waals surface area contributed by atoms with E-state index >= 15 is 0 Å². The predicted octanol–water partition coefficient (Wildman–Crippen LogP) is 3.03. The van der Waals surface area contributed by atoms with Crippen molar-refractivity contribution in [2.24, 2.45) is 0 Å². The lowest BCUT2D eigenvalue weighted by Crippen LogP contribution is -2.24. The molecule has 0 saturated heterocycles. The first-order valence-corrected chi connectivity index (χ1v) is 9.51. The van der Waals surface area contributed by atoms with Gasteiger partial charge in [-0.2, -0.15) is 4.98 Å². The number of pyridine rings is 1. The number of hydrogen-bond acceptors (Lipinski definition) is 6. The van der Waals surface area contributed by atoms with Gasteiger partial charge in [0.05, 0.1) is 12.3 Å². The molecule has 1 aliphatic carbocycles. The summed E-state index contributed by atoms with van der Waals surface area (Å²) in [4.78, 5) is 21.4. The fraction of sp³-hybridized carbons (Fsp3) is 0.263. The van der Waals surface area contributed by atoms with E-state index < -0.39 is 0 Å². The van der Waals surface area contributed by atoms with Crippen molar-refractivity contribution in [1.82, 2.24) is 20.4 Å². The molecule has 1 aromatic carbocycles. The van der Waals surface area contributed by atoms with Crippen molar-refractivity contribution in [1.29, 1.82) is 0 Å². The molecule has 4 rings (SSSR count). The van der Waals surface area contributed by atoms with Gasteiger partial charge in [-0.15, -0.1) is 11.8 Å². The Morgan fingerprint density at radius 1 is 1.15 bits per heavy atom. The van der Waals surface area contributed by atoms with Crippen LogP contribution < -0.4 is 5.32 Å². The molecule has 2 aromatic heterocycles. The Bertz CT molecular complexity index is 911. The van der Waals surface area contributed by atoms with Crippen LogP contribution in [-0.2, 0) is 24.2 Å². The Kier molecular flexibility index (Phi) is 4.97. The van der Waals surface area contributed by atoms with Gasteiger partial charge in [-0.05, 0) is 54.7 Å². The Morgan fingerprint density at radius 3 is 2.88 bits per heavy atom. The van der Waals surface area contributed by atoms with Crippen molar-refractivity contribution in [3.8, 4) is 11.4 Å². The van der Waals surface area contributed by atoms with Crippen LogP contribution >= 0.6 is 11.8 Å². The van der Waals surface area contributed by atoms with Gasteiger partial charge in [0.1, 0.15) is 0 Å². The van der Waals surface area contributed by atoms with E-state index in [0.29, 0.717) is 17.5 Å². The Labute approximate surface area is 155 Å². The predicted molar refractivity (Wildman–Crippen MR) is 98.6 cm³/mol. The first-order valence-electron chi connectivity index (χ1n) is 8.52. The molecule has 1 N–H and O–H groups in total. The second kappa shape index (κ2) is 7.70. The number of benzene rings is 1. The number of nitrogens with zero attached hydrogens (tertiary/aromatic N) is 3. The standard InChI is InChI=1S/C19H18N4O2S/c24-17(12-26-16-5-4-13-2-1-3-15(13)10-16)21-11-18-22-19(23-25-18)14-6-8-20-9-7-14/h4-10H,1-3,11-12H2,(H,21,24). The van der Waals surface area contributed by atoms with E-state index in [2.05, 4.69) is 38.6 Å². The van der Waals surface area contributed by atoms with Gasteiger partial charge in [0.15, 0.2) is 0 Å². The Balaban J connectivity index is 1.27. The SMILES string of the molecule is O=C(CSc1ccc2c(c1)CCC2)NCc1nc(-c2ccncc2)no1. The van der Waals surface area contributed by atoms with Gasteiger partial charge in [0, 0.05) is 22.9 Å². The molecular formula is C19H18N4O2S. The minimum atomic E-state index is -0.0563. The summed E-state index contributed by atoms with van der Waals surface area (Å²) >= 11 is 1.55. The second-order valence-electron chi connectivity index (χ2n) is 6.10. The smallest absolute Gasteiger partial charge is 0.246 e. The largest absolute Gasteiger partial charge is 0.346 e. The first-order chi connectivity index (χ1) is 12.8. The van der Waals surface area contributed by atoms with E-state index in [1.54, 1.807) is 36.3 Å². The Hall–Kier alpha value is -2.67. The molecule has 6 nitrogen and oxygen atoms in total. The lowest BCUT2D eigenvalue weighted by molar-refractivity contribution is -0.118. The maximum absolute atomic E-state index is 12.1. The van der Waals surface area contributed by atoms with Crippen LogP contribution in [0.3, 0.4) is 0 Å². The molecule has 0 atom stereocenters. The summed E-state index contributed by atoms with van der Waals surface area (Å²) in [6.07, 6.45) is 6.89. The van der Waals surface area contributed by atoms with Crippen molar-refractivity contribution >= 4 is 17.7 Å². The molecule has 3 aromatic rings. The topological polar surface area (TPSA) is 80.9 Å². The quantitative estimate of drug-likeness (QED) is 0.676. The number of rotatable bonds is 6. The summed E-state index contributed by atoms with van der Waals surface area (Å²) < 4.78 is 5.18. The molecule has 2 heterocycles. The number of aromatic nitrogens is 3. The van der Waals surface area contributed by atoms with E-state index in [0.717, 1.165) is 16.9 Å². The summed E-state index contributed by atoms with van der Waals surface area (Å²) in [6.45, 7) is 0.224. The fourth-order valence-corrected chi connectivity index (χ4v) is 3.75. The van der Waals surface area contributed by atoms with Crippen molar-refractivity contribution in [3.05, 3.63) is 59.7 Å². The molecule has 132 valence electrons. The van der Waals surface area contributed by atoms with Crippen LogP contribution in [0.5, 0.6) is 0 Å². The van der Waals surface area contributed by atoms with Crippen LogP contribution in [0.1, 0.15) is 23.4 Å². The third kappa shape index (κ3) is 3.94. The van der Waals surface area contributed by atoms with E-state index in [4.69, 9.17) is 4.52 Å². The number of amides is 1. The zero-order valence-corrected chi connectivity index (χ0v) is 15.0.